The van der Waals surface area contributed by atoms with Gasteiger partial charge in [0.05, 0.1) is 10.7 Å². The molecule has 0 aliphatic heterocycles. The lowest BCUT2D eigenvalue weighted by atomic mass is 9.84. The Morgan fingerprint density at radius 2 is 2.12 bits per heavy atom. The molecule has 0 aliphatic rings. The Balaban J connectivity index is 1.84. The van der Waals surface area contributed by atoms with Gasteiger partial charge in [-0.3, -0.25) is 4.99 Å². The summed E-state index contributed by atoms with van der Waals surface area (Å²) in [4.78, 5) is 8.76. The molecule has 0 aliphatic carbocycles. The third kappa shape index (κ3) is 5.49. The number of nitrogens with zero attached hydrogens (tertiary/aromatic N) is 2. The van der Waals surface area contributed by atoms with Crippen molar-refractivity contribution in [2.24, 2.45) is 4.99 Å². The van der Waals surface area contributed by atoms with E-state index in [-0.39, 0.29) is 5.41 Å². The number of nitrogens with one attached hydrogen (secondary N) is 2. The molecule has 0 bridgehead atoms. The molecule has 24 heavy (non-hydrogen) atoms. The Hall–Kier alpha value is -1.59. The van der Waals surface area contributed by atoms with E-state index in [1.54, 1.807) is 18.4 Å². The molecule has 6 heteroatoms. The number of rotatable bonds is 6. The van der Waals surface area contributed by atoms with Crippen LogP contribution in [0, 0.1) is 6.92 Å². The summed E-state index contributed by atoms with van der Waals surface area (Å²) in [6.45, 7) is 7.98. The van der Waals surface area contributed by atoms with Crippen molar-refractivity contribution in [2.75, 3.05) is 20.1 Å². The first-order chi connectivity index (χ1) is 11.4. The van der Waals surface area contributed by atoms with Crippen molar-refractivity contribution in [3.8, 4) is 0 Å². The van der Waals surface area contributed by atoms with Gasteiger partial charge in [0.25, 0.3) is 0 Å². The van der Waals surface area contributed by atoms with E-state index in [1.165, 1.54) is 5.56 Å². The minimum absolute atomic E-state index is 0.0471. The van der Waals surface area contributed by atoms with Gasteiger partial charge in [-0.15, -0.1) is 11.3 Å². The number of benzene rings is 1. The zero-order valence-electron chi connectivity index (χ0n) is 14.7. The maximum absolute atomic E-state index is 6.11. The van der Waals surface area contributed by atoms with E-state index in [1.807, 2.05) is 25.1 Å². The number of hydrogen-bond donors (Lipinski definition) is 2. The van der Waals surface area contributed by atoms with Gasteiger partial charge >= 0.3 is 0 Å². The summed E-state index contributed by atoms with van der Waals surface area (Å²) in [6, 6.07) is 8.01. The zero-order chi connectivity index (χ0) is 17.6. The lowest BCUT2D eigenvalue weighted by molar-refractivity contribution is 0.508. The van der Waals surface area contributed by atoms with Crippen LogP contribution in [0.25, 0.3) is 0 Å². The molecule has 130 valence electrons. The molecule has 1 heterocycles. The molecule has 0 atom stereocenters. The summed E-state index contributed by atoms with van der Waals surface area (Å²) in [5.74, 6) is 0.803. The molecule has 2 rings (SSSR count). The molecule has 1 aromatic carbocycles. The van der Waals surface area contributed by atoms with Crippen molar-refractivity contribution in [2.45, 2.75) is 32.6 Å². The fourth-order valence-corrected chi connectivity index (χ4v) is 3.21. The van der Waals surface area contributed by atoms with Crippen molar-refractivity contribution >= 4 is 28.9 Å². The first kappa shape index (κ1) is 18.7. The minimum Gasteiger partial charge on any atom is -0.356 e. The second kappa shape index (κ2) is 8.49. The van der Waals surface area contributed by atoms with Crippen LogP contribution in [0.5, 0.6) is 0 Å². The maximum atomic E-state index is 6.11. The van der Waals surface area contributed by atoms with Crippen LogP contribution in [-0.4, -0.2) is 31.1 Å². The molecule has 0 fully saturated rings. The highest BCUT2D eigenvalue weighted by Crippen LogP contribution is 2.24. The van der Waals surface area contributed by atoms with Gasteiger partial charge < -0.3 is 10.6 Å². The third-order valence-electron chi connectivity index (χ3n) is 3.87. The number of aryl methyl sites for hydroxylation is 1. The van der Waals surface area contributed by atoms with E-state index in [2.05, 4.69) is 45.9 Å². The van der Waals surface area contributed by atoms with Crippen molar-refractivity contribution < 1.29 is 0 Å². The Morgan fingerprint density at radius 1 is 1.33 bits per heavy atom. The van der Waals surface area contributed by atoms with Gasteiger partial charge in [0.1, 0.15) is 0 Å². The van der Waals surface area contributed by atoms with Crippen molar-refractivity contribution in [3.05, 3.63) is 50.9 Å². The number of thiazole rings is 1. The first-order valence-electron chi connectivity index (χ1n) is 8.02. The van der Waals surface area contributed by atoms with Gasteiger partial charge in [0.2, 0.25) is 0 Å². The summed E-state index contributed by atoms with van der Waals surface area (Å²) in [6.07, 6.45) is 0.892. The van der Waals surface area contributed by atoms with E-state index in [9.17, 15) is 0 Å². The lowest BCUT2D eigenvalue weighted by Crippen LogP contribution is -2.44. The zero-order valence-corrected chi connectivity index (χ0v) is 16.3. The lowest BCUT2D eigenvalue weighted by Gasteiger charge is -2.27. The van der Waals surface area contributed by atoms with Crippen LogP contribution < -0.4 is 10.6 Å². The molecule has 0 spiro atoms. The summed E-state index contributed by atoms with van der Waals surface area (Å²) in [5.41, 5.74) is 2.28. The predicted molar refractivity (Wildman–Crippen MR) is 104 cm³/mol. The van der Waals surface area contributed by atoms with Crippen LogP contribution in [0.3, 0.4) is 0 Å². The monoisotopic (exact) mass is 364 g/mol. The molecular formula is C18H25ClN4S. The van der Waals surface area contributed by atoms with Gasteiger partial charge in [-0.25, -0.2) is 4.98 Å². The standard InChI is InChI=1S/C18H25ClN4S/c1-13-23-16(11-24-13)8-9-21-17(20-4)22-12-18(2,3)14-6-5-7-15(19)10-14/h5-7,10-11H,8-9,12H2,1-4H3,(H2,20,21,22). The summed E-state index contributed by atoms with van der Waals surface area (Å²) in [7, 11) is 1.79. The fraction of sp³-hybridized carbons (Fsp3) is 0.444. The first-order valence-corrected chi connectivity index (χ1v) is 9.28. The van der Waals surface area contributed by atoms with Crippen LogP contribution >= 0.6 is 22.9 Å². The summed E-state index contributed by atoms with van der Waals surface area (Å²) >= 11 is 7.79. The highest BCUT2D eigenvalue weighted by Gasteiger charge is 2.21. The third-order valence-corrected chi connectivity index (χ3v) is 4.93. The van der Waals surface area contributed by atoms with Crippen molar-refractivity contribution in [1.82, 2.24) is 15.6 Å². The molecule has 4 nitrogen and oxygen atoms in total. The highest BCUT2D eigenvalue weighted by molar-refractivity contribution is 7.09. The highest BCUT2D eigenvalue weighted by atomic mass is 35.5. The molecule has 1 aromatic heterocycles. The smallest absolute Gasteiger partial charge is 0.191 e. The second-order valence-corrected chi connectivity index (χ2v) is 7.85. The summed E-state index contributed by atoms with van der Waals surface area (Å²) in [5, 5.41) is 10.7. The van der Waals surface area contributed by atoms with Gasteiger partial charge in [0.15, 0.2) is 5.96 Å². The Bertz CT molecular complexity index is 694. The quantitative estimate of drug-likeness (QED) is 0.605. The van der Waals surface area contributed by atoms with Crippen LogP contribution in [0.15, 0.2) is 34.6 Å². The van der Waals surface area contributed by atoms with Crippen LogP contribution in [0.1, 0.15) is 30.1 Å². The predicted octanol–water partition coefficient (Wildman–Crippen LogP) is 3.79. The maximum Gasteiger partial charge on any atom is 0.191 e. The Labute approximate surface area is 153 Å². The molecule has 0 amide bonds. The topological polar surface area (TPSA) is 49.3 Å². The van der Waals surface area contributed by atoms with Crippen molar-refractivity contribution in [3.63, 3.8) is 0 Å². The molecule has 0 saturated carbocycles. The normalized spacial score (nSPS) is 12.3. The van der Waals surface area contributed by atoms with Gasteiger partial charge in [0, 0.05) is 42.4 Å². The second-order valence-electron chi connectivity index (χ2n) is 6.35. The number of hydrogen-bond acceptors (Lipinski definition) is 3. The van der Waals surface area contributed by atoms with E-state index >= 15 is 0 Å². The number of guanidine groups is 1. The van der Waals surface area contributed by atoms with Crippen LogP contribution in [0.2, 0.25) is 5.02 Å². The van der Waals surface area contributed by atoms with Gasteiger partial charge in [-0.1, -0.05) is 37.6 Å². The average molecular weight is 365 g/mol. The SMILES string of the molecule is CN=C(NCCc1csc(C)n1)NCC(C)(C)c1cccc(Cl)c1. The molecule has 0 unspecified atom stereocenters. The fourth-order valence-electron chi connectivity index (χ4n) is 2.37. The van der Waals surface area contributed by atoms with E-state index in [0.717, 1.165) is 41.2 Å². The van der Waals surface area contributed by atoms with E-state index in [4.69, 9.17) is 11.6 Å². The number of aliphatic imine (C=N–C) groups is 1. The molecular weight excluding hydrogens is 340 g/mol. The Morgan fingerprint density at radius 3 is 2.75 bits per heavy atom. The van der Waals surface area contributed by atoms with Crippen LogP contribution in [0.4, 0.5) is 0 Å². The average Bonchev–Trinajstić information content (AvgIpc) is 2.96. The van der Waals surface area contributed by atoms with Gasteiger partial charge in [-0.2, -0.15) is 0 Å². The molecule has 2 aromatic rings. The van der Waals surface area contributed by atoms with Crippen LogP contribution in [-0.2, 0) is 11.8 Å². The molecule has 0 saturated heterocycles. The molecule has 0 radical (unpaired) electrons. The Kier molecular flexibility index (Phi) is 6.63. The number of halogens is 1. The van der Waals surface area contributed by atoms with E-state index < -0.39 is 0 Å². The summed E-state index contributed by atoms with van der Waals surface area (Å²) < 4.78 is 0. The van der Waals surface area contributed by atoms with E-state index in [0.29, 0.717) is 0 Å². The minimum atomic E-state index is -0.0471. The molecule has 2 N–H and O–H groups in total. The largest absolute Gasteiger partial charge is 0.356 e. The van der Waals surface area contributed by atoms with Crippen molar-refractivity contribution in [1.29, 1.82) is 0 Å². The number of aromatic nitrogens is 1. The van der Waals surface area contributed by atoms with Gasteiger partial charge in [-0.05, 0) is 24.6 Å².